The summed E-state index contributed by atoms with van der Waals surface area (Å²) in [7, 11) is 0. The van der Waals surface area contributed by atoms with Crippen LogP contribution in [0.5, 0.6) is 0 Å². The number of rotatable bonds is 0. The summed E-state index contributed by atoms with van der Waals surface area (Å²) in [5.41, 5.74) is 0. The summed E-state index contributed by atoms with van der Waals surface area (Å²) in [5, 5.41) is 6.38. The maximum Gasteiger partial charge on any atom is 0.0850 e. The molecule has 52 valence electrons. The van der Waals surface area contributed by atoms with Gasteiger partial charge in [-0.3, -0.25) is 4.99 Å². The predicted molar refractivity (Wildman–Crippen MR) is 40.6 cm³/mol. The van der Waals surface area contributed by atoms with Crippen molar-refractivity contribution in [2.24, 2.45) is 4.99 Å². The lowest BCUT2D eigenvalue weighted by molar-refractivity contribution is 0.561. The van der Waals surface area contributed by atoms with Gasteiger partial charge in [-0.1, -0.05) is 0 Å². The summed E-state index contributed by atoms with van der Waals surface area (Å²) in [5.74, 6) is 0. The smallest absolute Gasteiger partial charge is 0.0850 e. The van der Waals surface area contributed by atoms with E-state index in [9.17, 15) is 0 Å². The predicted octanol–water partition coefficient (Wildman–Crippen LogP) is -0.0143. The van der Waals surface area contributed by atoms with Crippen molar-refractivity contribution in [3.05, 3.63) is 24.7 Å². The molecule has 0 amide bonds. The summed E-state index contributed by atoms with van der Waals surface area (Å²) in [6.45, 7) is 0. The van der Waals surface area contributed by atoms with Crippen LogP contribution in [0.2, 0.25) is 0 Å². The van der Waals surface area contributed by atoms with Crippen LogP contribution in [0.4, 0.5) is 0 Å². The second-order valence-electron chi connectivity index (χ2n) is 2.36. The first-order valence-electron chi connectivity index (χ1n) is 3.34. The number of nitrogens with one attached hydrogen (secondary N) is 2. The van der Waals surface area contributed by atoms with Crippen LogP contribution in [-0.4, -0.2) is 18.3 Å². The molecule has 3 nitrogen and oxygen atoms in total. The Morgan fingerprint density at radius 3 is 2.70 bits per heavy atom. The molecule has 2 heterocycles. The quantitative estimate of drug-likeness (QED) is 0.490. The third-order valence-electron chi connectivity index (χ3n) is 1.67. The van der Waals surface area contributed by atoms with Gasteiger partial charge in [0.25, 0.3) is 0 Å². The minimum atomic E-state index is 0.329. The lowest BCUT2D eigenvalue weighted by atomic mass is 10.1. The van der Waals surface area contributed by atoms with Crippen molar-refractivity contribution in [2.45, 2.75) is 12.1 Å². The number of fused-ring (bicyclic) bond motifs is 1. The van der Waals surface area contributed by atoms with Crippen molar-refractivity contribution in [2.75, 3.05) is 0 Å². The zero-order valence-electron chi connectivity index (χ0n) is 5.49. The lowest BCUT2D eigenvalue weighted by Crippen LogP contribution is -2.48. The molecular formula is C7H9N3. The molecule has 0 radical (unpaired) electrons. The average molecular weight is 135 g/mol. The average Bonchev–Trinajstić information content (AvgIpc) is 2.05. The highest BCUT2D eigenvalue weighted by Gasteiger charge is 2.18. The molecule has 2 atom stereocenters. The van der Waals surface area contributed by atoms with Crippen LogP contribution in [0.3, 0.4) is 0 Å². The van der Waals surface area contributed by atoms with Crippen molar-refractivity contribution in [3.8, 4) is 0 Å². The molecule has 0 saturated carbocycles. The van der Waals surface area contributed by atoms with Gasteiger partial charge < -0.3 is 10.6 Å². The number of hydrogen-bond donors (Lipinski definition) is 2. The third-order valence-corrected chi connectivity index (χ3v) is 1.67. The van der Waals surface area contributed by atoms with E-state index in [0.29, 0.717) is 12.1 Å². The van der Waals surface area contributed by atoms with Crippen LogP contribution in [-0.2, 0) is 0 Å². The van der Waals surface area contributed by atoms with Crippen molar-refractivity contribution in [1.29, 1.82) is 0 Å². The monoisotopic (exact) mass is 135 g/mol. The third kappa shape index (κ3) is 0.795. The molecule has 2 N–H and O–H groups in total. The number of aliphatic imine (C=N–C) groups is 1. The van der Waals surface area contributed by atoms with Crippen LogP contribution in [0, 0.1) is 0 Å². The van der Waals surface area contributed by atoms with E-state index >= 15 is 0 Å². The number of hydrogen-bond acceptors (Lipinski definition) is 3. The van der Waals surface area contributed by atoms with Crippen LogP contribution in [0.1, 0.15) is 0 Å². The van der Waals surface area contributed by atoms with Gasteiger partial charge in [0.15, 0.2) is 0 Å². The van der Waals surface area contributed by atoms with E-state index in [1.165, 1.54) is 0 Å². The Kier molecular flexibility index (Phi) is 1.20. The van der Waals surface area contributed by atoms with E-state index in [2.05, 4.69) is 15.6 Å². The largest absolute Gasteiger partial charge is 0.381 e. The van der Waals surface area contributed by atoms with Crippen molar-refractivity contribution >= 4 is 6.21 Å². The summed E-state index contributed by atoms with van der Waals surface area (Å²) < 4.78 is 0. The summed E-state index contributed by atoms with van der Waals surface area (Å²) in [6, 6.07) is 0.706. The molecule has 0 aromatic heterocycles. The zero-order valence-corrected chi connectivity index (χ0v) is 5.49. The van der Waals surface area contributed by atoms with Gasteiger partial charge in [0.2, 0.25) is 0 Å². The van der Waals surface area contributed by atoms with E-state index in [4.69, 9.17) is 0 Å². The van der Waals surface area contributed by atoms with Crippen LogP contribution in [0.15, 0.2) is 29.7 Å². The Labute approximate surface area is 59.5 Å². The number of nitrogens with zero attached hydrogens (tertiary/aromatic N) is 1. The minimum Gasteiger partial charge on any atom is -0.381 e. The molecule has 3 heteroatoms. The highest BCUT2D eigenvalue weighted by molar-refractivity contribution is 5.69. The Bertz CT molecular complexity index is 183. The molecule has 2 rings (SSSR count). The molecule has 0 saturated heterocycles. The second kappa shape index (κ2) is 2.17. The SMILES string of the molecule is C1=CC2NC=CNC2C=N1. The van der Waals surface area contributed by atoms with E-state index < -0.39 is 0 Å². The second-order valence-corrected chi connectivity index (χ2v) is 2.36. The van der Waals surface area contributed by atoms with Crippen molar-refractivity contribution in [1.82, 2.24) is 10.6 Å². The van der Waals surface area contributed by atoms with Crippen molar-refractivity contribution < 1.29 is 0 Å². The fraction of sp³-hybridized carbons (Fsp3) is 0.286. The first kappa shape index (κ1) is 5.53. The standard InChI is InChI=1S/C7H9N3/c1-2-8-5-7-6(1)9-3-4-10-7/h1-7,9-10H. The molecule has 2 aliphatic heterocycles. The van der Waals surface area contributed by atoms with Crippen LogP contribution < -0.4 is 10.6 Å². The van der Waals surface area contributed by atoms with Gasteiger partial charge in [-0.2, -0.15) is 0 Å². The maximum atomic E-state index is 4.02. The maximum absolute atomic E-state index is 4.02. The Balaban J connectivity index is 2.19. The fourth-order valence-corrected chi connectivity index (χ4v) is 1.12. The lowest BCUT2D eigenvalue weighted by Gasteiger charge is -2.27. The van der Waals surface area contributed by atoms with Gasteiger partial charge >= 0.3 is 0 Å². The highest BCUT2D eigenvalue weighted by atomic mass is 15.1. The van der Waals surface area contributed by atoms with E-state index in [1.54, 1.807) is 0 Å². The van der Waals surface area contributed by atoms with E-state index in [0.717, 1.165) is 0 Å². The Morgan fingerprint density at radius 1 is 1.10 bits per heavy atom. The van der Waals surface area contributed by atoms with E-state index in [1.807, 2.05) is 30.9 Å². The molecule has 10 heavy (non-hydrogen) atoms. The summed E-state index contributed by atoms with van der Waals surface area (Å²) >= 11 is 0. The van der Waals surface area contributed by atoms with Crippen LogP contribution in [0.25, 0.3) is 0 Å². The summed E-state index contributed by atoms with van der Waals surface area (Å²) in [6.07, 6.45) is 9.56. The van der Waals surface area contributed by atoms with E-state index in [-0.39, 0.29) is 0 Å². The molecule has 0 spiro atoms. The van der Waals surface area contributed by atoms with Crippen molar-refractivity contribution in [3.63, 3.8) is 0 Å². The molecular weight excluding hydrogens is 126 g/mol. The minimum absolute atomic E-state index is 0.329. The zero-order chi connectivity index (χ0) is 6.81. The molecule has 0 aromatic carbocycles. The van der Waals surface area contributed by atoms with Gasteiger partial charge in [-0.25, -0.2) is 0 Å². The molecule has 0 bridgehead atoms. The topological polar surface area (TPSA) is 36.4 Å². The van der Waals surface area contributed by atoms with Gasteiger partial charge in [-0.15, -0.1) is 0 Å². The van der Waals surface area contributed by atoms with Gasteiger partial charge in [0.1, 0.15) is 0 Å². The van der Waals surface area contributed by atoms with Gasteiger partial charge in [0, 0.05) is 24.8 Å². The Hall–Kier alpha value is -1.25. The summed E-state index contributed by atoms with van der Waals surface area (Å²) in [4.78, 5) is 4.02. The molecule has 2 unspecified atom stereocenters. The highest BCUT2D eigenvalue weighted by Crippen LogP contribution is 2.02. The molecule has 0 aliphatic carbocycles. The van der Waals surface area contributed by atoms with Gasteiger partial charge in [0.05, 0.1) is 12.1 Å². The first-order valence-corrected chi connectivity index (χ1v) is 3.34. The van der Waals surface area contributed by atoms with Gasteiger partial charge in [-0.05, 0) is 6.08 Å². The fourth-order valence-electron chi connectivity index (χ4n) is 1.12. The first-order chi connectivity index (χ1) is 4.97. The molecule has 2 aliphatic rings. The van der Waals surface area contributed by atoms with Crippen LogP contribution >= 0.6 is 0 Å². The Morgan fingerprint density at radius 2 is 1.90 bits per heavy atom. The molecule has 0 aromatic rings. The molecule has 0 fully saturated rings. The normalized spacial score (nSPS) is 34.4.